The van der Waals surface area contributed by atoms with Gasteiger partial charge in [0, 0.05) is 12.2 Å². The third-order valence-corrected chi connectivity index (χ3v) is 4.80. The van der Waals surface area contributed by atoms with Crippen LogP contribution in [0.15, 0.2) is 12.1 Å². The van der Waals surface area contributed by atoms with E-state index in [1.54, 1.807) is 0 Å². The van der Waals surface area contributed by atoms with Crippen molar-refractivity contribution < 1.29 is 4.79 Å². The molecule has 5 nitrogen and oxygen atoms in total. The molecule has 2 aromatic rings. The number of amides is 1. The van der Waals surface area contributed by atoms with Crippen LogP contribution >= 0.6 is 11.3 Å². The first-order valence-electron chi connectivity index (χ1n) is 7.19. The molecule has 1 atom stereocenters. The number of nitrogen functional groups attached to an aromatic ring is 1. The van der Waals surface area contributed by atoms with Crippen LogP contribution in [-0.2, 0) is 4.79 Å². The molecule has 1 saturated heterocycles. The minimum absolute atomic E-state index is 0.0753. The van der Waals surface area contributed by atoms with Gasteiger partial charge in [0.1, 0.15) is 0 Å². The maximum Gasteiger partial charge on any atom is 0.228 e. The van der Waals surface area contributed by atoms with Crippen LogP contribution in [0.2, 0.25) is 0 Å². The molecule has 1 aromatic carbocycles. The molecule has 1 amide bonds. The fourth-order valence-corrected chi connectivity index (χ4v) is 3.76. The summed E-state index contributed by atoms with van der Waals surface area (Å²) in [5, 5.41) is 3.61. The maximum atomic E-state index is 12.4. The lowest BCUT2D eigenvalue weighted by molar-refractivity contribution is -0.121. The van der Waals surface area contributed by atoms with Gasteiger partial charge in [-0.3, -0.25) is 4.79 Å². The van der Waals surface area contributed by atoms with Crippen LogP contribution in [-0.4, -0.2) is 35.9 Å². The number of aryl methyl sites for hydroxylation is 1. The minimum atomic E-state index is 0.0753. The van der Waals surface area contributed by atoms with Gasteiger partial charge in [0.25, 0.3) is 0 Å². The van der Waals surface area contributed by atoms with Gasteiger partial charge in [-0.1, -0.05) is 11.3 Å². The molecule has 21 heavy (non-hydrogen) atoms. The lowest BCUT2D eigenvalue weighted by Gasteiger charge is -2.28. The molecular formula is C15H20N4OS. The average molecular weight is 304 g/mol. The van der Waals surface area contributed by atoms with Gasteiger partial charge in [0.15, 0.2) is 5.13 Å². The Labute approximate surface area is 128 Å². The summed E-state index contributed by atoms with van der Waals surface area (Å²) in [4.78, 5) is 18.9. The lowest BCUT2D eigenvalue weighted by Crippen LogP contribution is -2.38. The smallest absolute Gasteiger partial charge is 0.228 e. The van der Waals surface area contributed by atoms with Gasteiger partial charge >= 0.3 is 0 Å². The van der Waals surface area contributed by atoms with Gasteiger partial charge in [0.05, 0.1) is 16.1 Å². The Morgan fingerprint density at radius 3 is 3.10 bits per heavy atom. The largest absolute Gasteiger partial charge is 0.375 e. The van der Waals surface area contributed by atoms with Gasteiger partial charge < -0.3 is 16.0 Å². The summed E-state index contributed by atoms with van der Waals surface area (Å²) in [6, 6.07) is 3.92. The van der Waals surface area contributed by atoms with E-state index in [2.05, 4.69) is 22.2 Å². The van der Waals surface area contributed by atoms with Crippen LogP contribution in [0.1, 0.15) is 18.4 Å². The number of anilines is 2. The summed E-state index contributed by atoms with van der Waals surface area (Å²) < 4.78 is 1.02. The van der Waals surface area contributed by atoms with Gasteiger partial charge in [-0.25, -0.2) is 4.98 Å². The molecule has 1 aliphatic heterocycles. The van der Waals surface area contributed by atoms with Crippen LogP contribution < -0.4 is 11.1 Å². The lowest BCUT2D eigenvalue weighted by atomic mass is 9.97. The van der Waals surface area contributed by atoms with Crippen molar-refractivity contribution in [2.24, 2.45) is 5.92 Å². The SMILES string of the molecule is Cc1cc(NC(=O)C2CCCN(C)C2)cc2sc(N)nc12. The van der Waals surface area contributed by atoms with Gasteiger partial charge in [-0.05, 0) is 51.1 Å². The number of hydrogen-bond acceptors (Lipinski definition) is 5. The number of aromatic nitrogens is 1. The summed E-state index contributed by atoms with van der Waals surface area (Å²) in [6.07, 6.45) is 2.04. The minimum Gasteiger partial charge on any atom is -0.375 e. The quantitative estimate of drug-likeness (QED) is 0.894. The number of nitrogens with one attached hydrogen (secondary N) is 1. The normalized spacial score (nSPS) is 19.8. The second kappa shape index (κ2) is 5.61. The third kappa shape index (κ3) is 3.01. The number of benzene rings is 1. The van der Waals surface area contributed by atoms with E-state index in [1.165, 1.54) is 11.3 Å². The number of rotatable bonds is 2. The highest BCUT2D eigenvalue weighted by atomic mass is 32.1. The standard InChI is InChI=1S/C15H20N4OS/c1-9-6-11(7-12-13(9)18-15(16)21-12)17-14(20)10-4-3-5-19(2)8-10/h6-7,10H,3-5,8H2,1-2H3,(H2,16,18)(H,17,20). The van der Waals surface area contributed by atoms with Crippen LogP contribution in [0, 0.1) is 12.8 Å². The number of likely N-dealkylation sites (tertiary alicyclic amines) is 1. The van der Waals surface area contributed by atoms with Crippen molar-refractivity contribution in [3.8, 4) is 0 Å². The highest BCUT2D eigenvalue weighted by molar-refractivity contribution is 7.22. The van der Waals surface area contributed by atoms with Crippen molar-refractivity contribution in [3.05, 3.63) is 17.7 Å². The molecule has 1 aromatic heterocycles. The third-order valence-electron chi connectivity index (χ3n) is 3.96. The van der Waals surface area contributed by atoms with Crippen molar-refractivity contribution >= 4 is 38.3 Å². The summed E-state index contributed by atoms with van der Waals surface area (Å²) in [5.74, 6) is 0.184. The van der Waals surface area contributed by atoms with Crippen molar-refractivity contribution in [1.29, 1.82) is 0 Å². The Bertz CT molecular complexity index is 682. The van der Waals surface area contributed by atoms with E-state index in [9.17, 15) is 4.79 Å². The van der Waals surface area contributed by atoms with Crippen molar-refractivity contribution in [2.45, 2.75) is 19.8 Å². The van der Waals surface area contributed by atoms with Crippen LogP contribution in [0.5, 0.6) is 0 Å². The van der Waals surface area contributed by atoms with E-state index in [1.807, 2.05) is 19.1 Å². The number of carbonyl (C=O) groups is 1. The summed E-state index contributed by atoms with van der Waals surface area (Å²) in [7, 11) is 2.07. The van der Waals surface area contributed by atoms with Crippen LogP contribution in [0.3, 0.4) is 0 Å². The Morgan fingerprint density at radius 1 is 1.52 bits per heavy atom. The zero-order valence-electron chi connectivity index (χ0n) is 12.3. The average Bonchev–Trinajstić information content (AvgIpc) is 2.80. The first-order valence-corrected chi connectivity index (χ1v) is 8.00. The fraction of sp³-hybridized carbons (Fsp3) is 0.467. The van der Waals surface area contributed by atoms with Gasteiger partial charge in [0.2, 0.25) is 5.91 Å². The molecule has 0 saturated carbocycles. The molecule has 0 spiro atoms. The molecule has 3 N–H and O–H groups in total. The molecule has 112 valence electrons. The summed E-state index contributed by atoms with van der Waals surface area (Å²) in [6.45, 7) is 3.90. The molecule has 2 heterocycles. The van der Waals surface area contributed by atoms with E-state index >= 15 is 0 Å². The van der Waals surface area contributed by atoms with Crippen molar-refractivity contribution in [1.82, 2.24) is 9.88 Å². The molecule has 1 unspecified atom stereocenters. The predicted octanol–water partition coefficient (Wildman–Crippen LogP) is 2.47. The number of nitrogens with zero attached hydrogens (tertiary/aromatic N) is 2. The summed E-state index contributed by atoms with van der Waals surface area (Å²) >= 11 is 1.45. The monoisotopic (exact) mass is 304 g/mol. The van der Waals surface area contributed by atoms with Gasteiger partial charge in [-0.2, -0.15) is 0 Å². The Balaban J connectivity index is 1.79. The molecule has 0 radical (unpaired) electrons. The molecule has 1 fully saturated rings. The van der Waals surface area contributed by atoms with Gasteiger partial charge in [-0.15, -0.1) is 0 Å². The summed E-state index contributed by atoms with van der Waals surface area (Å²) in [5.41, 5.74) is 8.55. The molecule has 0 aliphatic carbocycles. The second-order valence-corrected chi connectivity index (χ2v) is 6.84. The predicted molar refractivity (Wildman–Crippen MR) is 87.6 cm³/mol. The van der Waals surface area contributed by atoms with E-state index < -0.39 is 0 Å². The second-order valence-electron chi connectivity index (χ2n) is 5.78. The molecule has 1 aliphatic rings. The van der Waals surface area contributed by atoms with E-state index in [-0.39, 0.29) is 11.8 Å². The maximum absolute atomic E-state index is 12.4. The Hall–Kier alpha value is -1.66. The van der Waals surface area contributed by atoms with E-state index in [0.29, 0.717) is 5.13 Å². The fourth-order valence-electron chi connectivity index (χ4n) is 2.91. The Morgan fingerprint density at radius 2 is 2.33 bits per heavy atom. The van der Waals surface area contributed by atoms with E-state index in [0.717, 1.165) is 47.4 Å². The Kier molecular flexibility index (Phi) is 3.82. The number of nitrogens with two attached hydrogens (primary N) is 1. The number of piperidine rings is 1. The number of fused-ring (bicyclic) bond motifs is 1. The van der Waals surface area contributed by atoms with Crippen molar-refractivity contribution in [2.75, 3.05) is 31.2 Å². The topological polar surface area (TPSA) is 71.2 Å². The van der Waals surface area contributed by atoms with Crippen molar-refractivity contribution in [3.63, 3.8) is 0 Å². The molecule has 3 rings (SSSR count). The number of carbonyl (C=O) groups excluding carboxylic acids is 1. The highest BCUT2D eigenvalue weighted by Crippen LogP contribution is 2.30. The first kappa shape index (κ1) is 14.3. The number of thiazole rings is 1. The zero-order valence-corrected chi connectivity index (χ0v) is 13.2. The van der Waals surface area contributed by atoms with Crippen LogP contribution in [0.4, 0.5) is 10.8 Å². The molecule has 0 bridgehead atoms. The number of hydrogen-bond donors (Lipinski definition) is 2. The zero-order chi connectivity index (χ0) is 15.0. The first-order chi connectivity index (χ1) is 10.0. The highest BCUT2D eigenvalue weighted by Gasteiger charge is 2.24. The van der Waals surface area contributed by atoms with Crippen LogP contribution in [0.25, 0.3) is 10.2 Å². The molecule has 6 heteroatoms. The molecular weight excluding hydrogens is 284 g/mol. The van der Waals surface area contributed by atoms with E-state index in [4.69, 9.17) is 5.73 Å².